The Hall–Kier alpha value is -3.50. The number of anilines is 1. The lowest BCUT2D eigenvalue weighted by atomic mass is 10.2. The molecule has 1 N–H and O–H groups in total. The van der Waals surface area contributed by atoms with E-state index in [4.69, 9.17) is 25.8 Å². The molecule has 0 aromatic heterocycles. The van der Waals surface area contributed by atoms with E-state index in [-0.39, 0.29) is 34.0 Å². The molecular weight excluding hydrogens is 523 g/mol. The highest BCUT2D eigenvalue weighted by Crippen LogP contribution is 2.33. The molecule has 0 fully saturated rings. The Morgan fingerprint density at radius 2 is 1.68 bits per heavy atom. The number of rotatable bonds is 11. The van der Waals surface area contributed by atoms with Gasteiger partial charge in [0.1, 0.15) is 18.1 Å². The van der Waals surface area contributed by atoms with Crippen LogP contribution in [0.2, 0.25) is 5.02 Å². The smallest absolute Gasteiger partial charge is 0.264 e. The van der Waals surface area contributed by atoms with E-state index >= 15 is 0 Å². The number of carbonyl (C=O) groups is 1. The van der Waals surface area contributed by atoms with E-state index in [1.54, 1.807) is 24.3 Å². The number of methoxy groups -OCH3 is 2. The van der Waals surface area contributed by atoms with Crippen LogP contribution in [0.15, 0.2) is 65.6 Å². The van der Waals surface area contributed by atoms with Crippen molar-refractivity contribution >= 4 is 33.2 Å². The lowest BCUT2D eigenvalue weighted by molar-refractivity contribution is -0.119. The molecule has 0 aliphatic heterocycles. The molecule has 37 heavy (non-hydrogen) atoms. The van der Waals surface area contributed by atoms with Crippen molar-refractivity contribution in [3.05, 3.63) is 77.1 Å². The molecule has 0 saturated heterocycles. The standard InChI is InChI=1S/C26H28ClFN2O6S/c1-17(2)36-20-8-5-18(6-9-20)15-29-26(31)16-30(19-7-11-23(28)22(27)13-19)37(32,33)21-10-12-24(34-3)25(14-21)35-4/h5-14,17H,15-16H2,1-4H3,(H,29,31). The summed E-state index contributed by atoms with van der Waals surface area (Å²) in [5.74, 6) is -0.0731. The van der Waals surface area contributed by atoms with Crippen molar-refractivity contribution in [1.29, 1.82) is 0 Å². The van der Waals surface area contributed by atoms with Gasteiger partial charge in [-0.25, -0.2) is 12.8 Å². The largest absolute Gasteiger partial charge is 0.493 e. The van der Waals surface area contributed by atoms with Crippen LogP contribution in [0, 0.1) is 5.82 Å². The van der Waals surface area contributed by atoms with Gasteiger partial charge in [-0.05, 0) is 61.9 Å². The minimum atomic E-state index is -4.30. The molecule has 0 atom stereocenters. The molecule has 11 heteroatoms. The number of hydrogen-bond acceptors (Lipinski definition) is 6. The minimum Gasteiger partial charge on any atom is -0.493 e. The summed E-state index contributed by atoms with van der Waals surface area (Å²) in [7, 11) is -1.50. The van der Waals surface area contributed by atoms with Crippen LogP contribution in [0.1, 0.15) is 19.4 Å². The highest BCUT2D eigenvalue weighted by atomic mass is 35.5. The maximum Gasteiger partial charge on any atom is 0.264 e. The summed E-state index contributed by atoms with van der Waals surface area (Å²) in [6.07, 6.45) is 0.0316. The fourth-order valence-corrected chi connectivity index (χ4v) is 5.01. The molecule has 0 aliphatic rings. The first-order valence-corrected chi connectivity index (χ1v) is 13.1. The van der Waals surface area contributed by atoms with Crippen LogP contribution in [0.5, 0.6) is 17.2 Å². The lowest BCUT2D eigenvalue weighted by Crippen LogP contribution is -2.40. The number of nitrogens with one attached hydrogen (secondary N) is 1. The quantitative estimate of drug-likeness (QED) is 0.369. The molecule has 0 unspecified atom stereocenters. The Bertz CT molecular complexity index is 1350. The zero-order chi connectivity index (χ0) is 27.2. The average Bonchev–Trinajstić information content (AvgIpc) is 2.87. The number of hydrogen-bond donors (Lipinski definition) is 1. The molecule has 0 spiro atoms. The zero-order valence-electron chi connectivity index (χ0n) is 20.8. The number of halogens is 2. The SMILES string of the molecule is COc1ccc(S(=O)(=O)N(CC(=O)NCc2ccc(OC(C)C)cc2)c2ccc(F)c(Cl)c2)cc1OC. The van der Waals surface area contributed by atoms with Gasteiger partial charge in [0.2, 0.25) is 5.91 Å². The number of ether oxygens (including phenoxy) is 3. The van der Waals surface area contributed by atoms with Crippen molar-refractivity contribution in [3.63, 3.8) is 0 Å². The van der Waals surface area contributed by atoms with Crippen LogP contribution < -0.4 is 23.8 Å². The maximum absolute atomic E-state index is 13.8. The van der Waals surface area contributed by atoms with Crippen LogP contribution in [-0.4, -0.2) is 41.2 Å². The van der Waals surface area contributed by atoms with Gasteiger partial charge in [0.05, 0.1) is 35.9 Å². The van der Waals surface area contributed by atoms with Crippen LogP contribution in [-0.2, 0) is 21.4 Å². The summed E-state index contributed by atoms with van der Waals surface area (Å²) in [6, 6.07) is 14.6. The van der Waals surface area contributed by atoms with E-state index < -0.39 is 28.3 Å². The van der Waals surface area contributed by atoms with E-state index in [1.807, 2.05) is 13.8 Å². The second-order valence-corrected chi connectivity index (χ2v) is 10.5. The molecule has 8 nitrogen and oxygen atoms in total. The van der Waals surface area contributed by atoms with Crippen molar-refractivity contribution in [2.75, 3.05) is 25.1 Å². The van der Waals surface area contributed by atoms with Crippen molar-refractivity contribution in [2.24, 2.45) is 0 Å². The monoisotopic (exact) mass is 550 g/mol. The third-order valence-electron chi connectivity index (χ3n) is 5.21. The second kappa shape index (κ2) is 12.2. The molecule has 0 bridgehead atoms. The summed E-state index contributed by atoms with van der Waals surface area (Å²) in [4.78, 5) is 12.7. The molecule has 0 saturated carbocycles. The fourth-order valence-electron chi connectivity index (χ4n) is 3.40. The number of carbonyl (C=O) groups excluding carboxylic acids is 1. The van der Waals surface area contributed by atoms with Crippen LogP contribution in [0.4, 0.5) is 10.1 Å². The molecule has 0 heterocycles. The van der Waals surface area contributed by atoms with Gasteiger partial charge >= 0.3 is 0 Å². The molecule has 3 aromatic rings. The highest BCUT2D eigenvalue weighted by Gasteiger charge is 2.29. The van der Waals surface area contributed by atoms with Gasteiger partial charge < -0.3 is 19.5 Å². The van der Waals surface area contributed by atoms with Gasteiger partial charge in [-0.2, -0.15) is 0 Å². The van der Waals surface area contributed by atoms with Gasteiger partial charge in [0.25, 0.3) is 10.0 Å². The van der Waals surface area contributed by atoms with Crippen molar-refractivity contribution < 1.29 is 31.8 Å². The van der Waals surface area contributed by atoms with Gasteiger partial charge in [0.15, 0.2) is 11.5 Å². The predicted molar refractivity (Wildman–Crippen MR) is 140 cm³/mol. The van der Waals surface area contributed by atoms with Crippen molar-refractivity contribution in [3.8, 4) is 17.2 Å². The molecule has 198 valence electrons. The van der Waals surface area contributed by atoms with E-state index in [0.29, 0.717) is 11.5 Å². The number of sulfonamides is 1. The Balaban J connectivity index is 1.86. The van der Waals surface area contributed by atoms with Crippen molar-refractivity contribution in [1.82, 2.24) is 5.32 Å². The third kappa shape index (κ3) is 7.05. The van der Waals surface area contributed by atoms with Crippen molar-refractivity contribution in [2.45, 2.75) is 31.4 Å². The third-order valence-corrected chi connectivity index (χ3v) is 7.27. The summed E-state index contributed by atoms with van der Waals surface area (Å²) in [6.45, 7) is 3.43. The van der Waals surface area contributed by atoms with Gasteiger partial charge in [0, 0.05) is 12.6 Å². The molecule has 3 rings (SSSR count). The Morgan fingerprint density at radius 3 is 2.27 bits per heavy atom. The fraction of sp³-hybridized carbons (Fsp3) is 0.269. The first-order valence-electron chi connectivity index (χ1n) is 11.3. The lowest BCUT2D eigenvalue weighted by Gasteiger charge is -2.25. The summed E-state index contributed by atoms with van der Waals surface area (Å²) in [5.41, 5.74) is 0.815. The summed E-state index contributed by atoms with van der Waals surface area (Å²) >= 11 is 5.92. The summed E-state index contributed by atoms with van der Waals surface area (Å²) < 4.78 is 57.9. The molecule has 0 aliphatic carbocycles. The van der Waals surface area contributed by atoms with E-state index in [2.05, 4.69) is 5.32 Å². The highest BCUT2D eigenvalue weighted by molar-refractivity contribution is 7.92. The molecule has 1 amide bonds. The molecular formula is C26H28ClFN2O6S. The first-order chi connectivity index (χ1) is 17.5. The average molecular weight is 551 g/mol. The van der Waals surface area contributed by atoms with E-state index in [1.165, 1.54) is 38.5 Å². The number of amides is 1. The maximum atomic E-state index is 13.8. The normalized spacial score (nSPS) is 11.2. The predicted octanol–water partition coefficient (Wildman–Crippen LogP) is 4.80. The Labute approximate surface area is 221 Å². The molecule has 0 radical (unpaired) electrons. The van der Waals surface area contributed by atoms with E-state index in [9.17, 15) is 17.6 Å². The van der Waals surface area contributed by atoms with Crippen LogP contribution in [0.25, 0.3) is 0 Å². The van der Waals surface area contributed by atoms with E-state index in [0.717, 1.165) is 22.0 Å². The van der Waals surface area contributed by atoms with Gasteiger partial charge in [-0.15, -0.1) is 0 Å². The van der Waals surface area contributed by atoms with Crippen LogP contribution >= 0.6 is 11.6 Å². The number of nitrogens with zero attached hydrogens (tertiary/aromatic N) is 1. The first kappa shape index (κ1) is 28.1. The Kier molecular flexibility index (Phi) is 9.23. The number of benzene rings is 3. The summed E-state index contributed by atoms with van der Waals surface area (Å²) in [5, 5.41) is 2.43. The topological polar surface area (TPSA) is 94.2 Å². The van der Waals surface area contributed by atoms with Gasteiger partial charge in [-0.1, -0.05) is 23.7 Å². The van der Waals surface area contributed by atoms with Gasteiger partial charge in [-0.3, -0.25) is 9.10 Å². The second-order valence-electron chi connectivity index (χ2n) is 8.21. The Morgan fingerprint density at radius 1 is 1.00 bits per heavy atom. The van der Waals surface area contributed by atoms with Crippen LogP contribution in [0.3, 0.4) is 0 Å². The zero-order valence-corrected chi connectivity index (χ0v) is 22.4. The molecule has 3 aromatic carbocycles. The minimum absolute atomic E-state index is 0.0199.